The summed E-state index contributed by atoms with van der Waals surface area (Å²) in [5, 5.41) is 1.63. The van der Waals surface area contributed by atoms with Gasteiger partial charge in [0.2, 0.25) is 0 Å². The number of rotatable bonds is 4. The molecule has 3 aromatic rings. The first-order chi connectivity index (χ1) is 12.2. The molecule has 2 nitrogen and oxygen atoms in total. The van der Waals surface area contributed by atoms with Gasteiger partial charge in [0.25, 0.3) is 0 Å². The lowest BCUT2D eigenvalue weighted by atomic mass is 10.1. The third-order valence-corrected chi connectivity index (χ3v) is 3.89. The minimum absolute atomic E-state index is 0.0496. The Morgan fingerprint density at radius 2 is 1.72 bits per heavy atom. The number of hydrogen-bond donors (Lipinski definition) is 1. The number of aromatic amines is 1. The molecule has 0 atom stereocenters. The zero-order valence-electron chi connectivity index (χ0n) is 13.8. The quantitative estimate of drug-likeness (QED) is 0.702. The maximum atomic E-state index is 14.0. The summed E-state index contributed by atoms with van der Waals surface area (Å²) < 4.78 is 27.9. The molecule has 0 aliphatic heterocycles. The molecule has 0 radical (unpaired) electrons. The molecule has 4 heteroatoms. The lowest BCUT2D eigenvalue weighted by molar-refractivity contribution is 0.589. The van der Waals surface area contributed by atoms with Gasteiger partial charge < -0.3 is 4.98 Å². The molecule has 0 spiro atoms. The Labute approximate surface area is 144 Å². The summed E-state index contributed by atoms with van der Waals surface area (Å²) >= 11 is 0. The van der Waals surface area contributed by atoms with Gasteiger partial charge in [-0.15, -0.1) is 0 Å². The Bertz CT molecular complexity index is 982. The van der Waals surface area contributed by atoms with Crippen LogP contribution in [0.1, 0.15) is 12.5 Å². The van der Waals surface area contributed by atoms with Gasteiger partial charge in [-0.05, 0) is 42.0 Å². The third-order valence-electron chi connectivity index (χ3n) is 3.89. The van der Waals surface area contributed by atoms with Crippen LogP contribution in [0.4, 0.5) is 8.78 Å². The molecule has 0 saturated heterocycles. The van der Waals surface area contributed by atoms with Crippen molar-refractivity contribution < 1.29 is 8.78 Å². The summed E-state index contributed by atoms with van der Waals surface area (Å²) in [6.07, 6.45) is 5.39. The zero-order chi connectivity index (χ0) is 17.6. The maximum Gasteiger partial charge on any atom is 0.135 e. The Balaban J connectivity index is 1.91. The van der Waals surface area contributed by atoms with Gasteiger partial charge in [-0.3, -0.25) is 4.99 Å². The minimum Gasteiger partial charge on any atom is -0.354 e. The molecule has 25 heavy (non-hydrogen) atoms. The number of aliphatic imine (C=N–C) groups is 1. The van der Waals surface area contributed by atoms with Crippen molar-refractivity contribution in [2.75, 3.05) is 0 Å². The van der Waals surface area contributed by atoms with Gasteiger partial charge in [-0.1, -0.05) is 42.5 Å². The van der Waals surface area contributed by atoms with Crippen molar-refractivity contribution >= 4 is 18.4 Å². The van der Waals surface area contributed by atoms with E-state index >= 15 is 0 Å². The molecule has 0 bridgehead atoms. The molecule has 1 heterocycles. The molecular weight excluding hydrogens is 318 g/mol. The Hall–Kier alpha value is -3.01. The van der Waals surface area contributed by atoms with E-state index in [0.29, 0.717) is 12.2 Å². The predicted molar refractivity (Wildman–Crippen MR) is 98.6 cm³/mol. The zero-order valence-corrected chi connectivity index (χ0v) is 13.8. The van der Waals surface area contributed by atoms with Gasteiger partial charge >= 0.3 is 0 Å². The van der Waals surface area contributed by atoms with E-state index in [2.05, 4.69) is 9.98 Å². The molecule has 126 valence electrons. The van der Waals surface area contributed by atoms with Crippen molar-refractivity contribution in [2.24, 2.45) is 4.99 Å². The van der Waals surface area contributed by atoms with Crippen LogP contribution in [0.2, 0.25) is 0 Å². The predicted octanol–water partition coefficient (Wildman–Crippen LogP) is 3.81. The number of halogens is 2. The van der Waals surface area contributed by atoms with Crippen LogP contribution in [0.5, 0.6) is 0 Å². The number of benzene rings is 2. The second kappa shape index (κ2) is 7.71. The van der Waals surface area contributed by atoms with E-state index in [1.54, 1.807) is 18.4 Å². The highest BCUT2D eigenvalue weighted by molar-refractivity contribution is 5.90. The van der Waals surface area contributed by atoms with E-state index in [1.165, 1.54) is 18.2 Å². The van der Waals surface area contributed by atoms with Crippen LogP contribution in [-0.2, 0) is 6.54 Å². The van der Waals surface area contributed by atoms with Gasteiger partial charge in [0, 0.05) is 11.6 Å². The average molecular weight is 336 g/mol. The lowest BCUT2D eigenvalue weighted by Gasteiger charge is -2.01. The van der Waals surface area contributed by atoms with Gasteiger partial charge in [0.15, 0.2) is 0 Å². The maximum absolute atomic E-state index is 14.0. The van der Waals surface area contributed by atoms with Crippen LogP contribution in [0.25, 0.3) is 23.4 Å². The summed E-state index contributed by atoms with van der Waals surface area (Å²) in [7, 11) is 0. The molecule has 1 N–H and O–H groups in total. The van der Waals surface area contributed by atoms with Crippen LogP contribution >= 0.6 is 0 Å². The molecule has 0 fully saturated rings. The number of nitrogens with one attached hydrogen (secondary N) is 1. The first-order valence-corrected chi connectivity index (χ1v) is 8.03. The highest BCUT2D eigenvalue weighted by Gasteiger charge is 2.12. The van der Waals surface area contributed by atoms with Gasteiger partial charge in [-0.2, -0.15) is 0 Å². The Morgan fingerprint density at radius 3 is 2.40 bits per heavy atom. The van der Waals surface area contributed by atoms with Crippen LogP contribution in [-0.4, -0.2) is 11.2 Å². The molecule has 1 aromatic heterocycles. The smallest absolute Gasteiger partial charge is 0.135 e. The number of H-pyrrole nitrogens is 1. The summed E-state index contributed by atoms with van der Waals surface area (Å²) in [5.74, 6) is -1.18. The Kier molecular flexibility index (Phi) is 5.19. The molecule has 2 aromatic carbocycles. The molecule has 0 unspecified atom stereocenters. The van der Waals surface area contributed by atoms with Crippen LogP contribution in [0.3, 0.4) is 0 Å². The van der Waals surface area contributed by atoms with Crippen molar-refractivity contribution in [1.29, 1.82) is 0 Å². The second-order valence-corrected chi connectivity index (χ2v) is 5.58. The monoisotopic (exact) mass is 336 g/mol. The fraction of sp³-hybridized carbons (Fsp3) is 0.0952. The van der Waals surface area contributed by atoms with E-state index in [4.69, 9.17) is 0 Å². The summed E-state index contributed by atoms with van der Waals surface area (Å²) in [5.41, 5.74) is 1.48. The van der Waals surface area contributed by atoms with Crippen molar-refractivity contribution in [1.82, 2.24) is 4.98 Å². The van der Waals surface area contributed by atoms with Crippen LogP contribution < -0.4 is 10.6 Å². The molecule has 0 saturated carbocycles. The van der Waals surface area contributed by atoms with Crippen molar-refractivity contribution in [3.05, 3.63) is 82.4 Å². The first-order valence-electron chi connectivity index (χ1n) is 8.03. The summed E-state index contributed by atoms with van der Waals surface area (Å²) in [6.45, 7) is 2.46. The number of hydrogen-bond acceptors (Lipinski definition) is 1. The molecule has 0 aliphatic carbocycles. The van der Waals surface area contributed by atoms with E-state index in [1.807, 2.05) is 43.3 Å². The van der Waals surface area contributed by atoms with Crippen molar-refractivity contribution in [3.63, 3.8) is 0 Å². The topological polar surface area (TPSA) is 28.1 Å². The normalized spacial score (nSPS) is 13.1. The highest BCUT2D eigenvalue weighted by Crippen LogP contribution is 2.22. The fourth-order valence-corrected chi connectivity index (χ4v) is 2.62. The van der Waals surface area contributed by atoms with E-state index in [0.717, 1.165) is 16.1 Å². The van der Waals surface area contributed by atoms with E-state index in [-0.39, 0.29) is 5.56 Å². The fourth-order valence-electron chi connectivity index (χ4n) is 2.62. The number of aromatic nitrogens is 1. The van der Waals surface area contributed by atoms with Gasteiger partial charge in [0.05, 0.1) is 17.8 Å². The molecule has 0 amide bonds. The summed E-state index contributed by atoms with van der Waals surface area (Å²) in [4.78, 5) is 7.44. The average Bonchev–Trinajstić information content (AvgIpc) is 3.02. The largest absolute Gasteiger partial charge is 0.354 e. The first kappa shape index (κ1) is 16.8. The standard InChI is InChI=1S/C21H18F2N2/c1-2-16-13-20(21-17(22)9-6-10-18(21)23)25-19(16)11-12-24-14-15-7-4-3-5-8-15/h2-13,25H,14H2,1H3/b16-2-,19-11+,24-12+. The Morgan fingerprint density at radius 1 is 1.00 bits per heavy atom. The minimum atomic E-state index is -0.590. The van der Waals surface area contributed by atoms with Crippen molar-refractivity contribution in [3.8, 4) is 11.3 Å². The van der Waals surface area contributed by atoms with Gasteiger partial charge in [-0.25, -0.2) is 8.78 Å². The van der Waals surface area contributed by atoms with Gasteiger partial charge in [0.1, 0.15) is 11.6 Å². The lowest BCUT2D eigenvalue weighted by Crippen LogP contribution is -2.21. The highest BCUT2D eigenvalue weighted by atomic mass is 19.1. The van der Waals surface area contributed by atoms with E-state index in [9.17, 15) is 8.78 Å². The number of nitrogens with zero attached hydrogens (tertiary/aromatic N) is 1. The SMILES string of the molecule is C/C=c1/cc(-c2c(F)cccc2F)[nH]/c1=C/C=N/Cc1ccccc1. The van der Waals surface area contributed by atoms with Crippen LogP contribution in [0.15, 0.2) is 59.6 Å². The molecule has 3 rings (SSSR count). The third kappa shape index (κ3) is 3.91. The van der Waals surface area contributed by atoms with Crippen molar-refractivity contribution in [2.45, 2.75) is 13.5 Å². The summed E-state index contributed by atoms with van der Waals surface area (Å²) in [6, 6.07) is 15.5. The van der Waals surface area contributed by atoms with E-state index < -0.39 is 11.6 Å². The van der Waals surface area contributed by atoms with Crippen LogP contribution in [0, 0.1) is 11.6 Å². The molecule has 0 aliphatic rings. The second-order valence-electron chi connectivity index (χ2n) is 5.58. The molecular formula is C21H18F2N2.